The lowest BCUT2D eigenvalue weighted by atomic mass is 9.92. The predicted octanol–water partition coefficient (Wildman–Crippen LogP) is 2.47. The van der Waals surface area contributed by atoms with Gasteiger partial charge in [-0.25, -0.2) is 4.79 Å². The molecule has 0 aliphatic carbocycles. The summed E-state index contributed by atoms with van der Waals surface area (Å²) in [5.74, 6) is -1.38. The van der Waals surface area contributed by atoms with Gasteiger partial charge in [-0.1, -0.05) is 38.1 Å². The third-order valence-electron chi connectivity index (χ3n) is 3.00. The number of carbonyl (C=O) groups excluding carboxylic acids is 2. The largest absolute Gasteiger partial charge is 0.507 e. The first-order valence-electron chi connectivity index (χ1n) is 6.99. The maximum atomic E-state index is 11.8. The number of aromatic nitrogens is 1. The van der Waals surface area contributed by atoms with Gasteiger partial charge < -0.3 is 14.4 Å². The lowest BCUT2D eigenvalue weighted by Gasteiger charge is -2.12. The number of amides is 1. The van der Waals surface area contributed by atoms with E-state index in [2.05, 4.69) is 10.5 Å². The van der Waals surface area contributed by atoms with Gasteiger partial charge in [0.15, 0.2) is 6.61 Å². The van der Waals surface area contributed by atoms with E-state index >= 15 is 0 Å². The molecular weight excluding hydrogens is 300 g/mol. The molecule has 2 N–H and O–H groups in total. The van der Waals surface area contributed by atoms with Crippen molar-refractivity contribution in [1.82, 2.24) is 5.16 Å². The molecule has 0 fully saturated rings. The summed E-state index contributed by atoms with van der Waals surface area (Å²) in [6, 6.07) is 7.54. The van der Waals surface area contributed by atoms with Crippen LogP contribution in [0.2, 0.25) is 0 Å². The van der Waals surface area contributed by atoms with Crippen LogP contribution in [0.4, 0.5) is 5.88 Å². The van der Waals surface area contributed by atoms with Crippen LogP contribution in [-0.2, 0) is 14.9 Å². The molecule has 1 heterocycles. The van der Waals surface area contributed by atoms with Crippen molar-refractivity contribution in [3.63, 3.8) is 0 Å². The molecule has 0 radical (unpaired) electrons. The Kier molecular flexibility index (Phi) is 4.68. The van der Waals surface area contributed by atoms with E-state index in [1.54, 1.807) is 18.2 Å². The lowest BCUT2D eigenvalue weighted by molar-refractivity contribution is -0.119. The number of para-hydroxylation sites is 1. The highest BCUT2D eigenvalue weighted by Crippen LogP contribution is 2.23. The van der Waals surface area contributed by atoms with Crippen LogP contribution < -0.4 is 5.32 Å². The minimum atomic E-state index is -0.786. The van der Waals surface area contributed by atoms with Crippen molar-refractivity contribution >= 4 is 17.8 Å². The van der Waals surface area contributed by atoms with Gasteiger partial charge in [0.2, 0.25) is 5.88 Å². The molecule has 7 nitrogen and oxygen atoms in total. The first kappa shape index (κ1) is 16.5. The van der Waals surface area contributed by atoms with Crippen LogP contribution >= 0.6 is 0 Å². The Hall–Kier alpha value is -2.83. The molecule has 23 heavy (non-hydrogen) atoms. The number of rotatable bonds is 4. The van der Waals surface area contributed by atoms with E-state index in [9.17, 15) is 14.7 Å². The lowest BCUT2D eigenvalue weighted by Crippen LogP contribution is -2.20. The van der Waals surface area contributed by atoms with Crippen LogP contribution in [0.25, 0.3) is 0 Å². The first-order valence-corrected chi connectivity index (χ1v) is 6.99. The first-order chi connectivity index (χ1) is 10.8. The number of hydrogen-bond donors (Lipinski definition) is 2. The Morgan fingerprint density at radius 1 is 1.30 bits per heavy atom. The number of hydrogen-bond acceptors (Lipinski definition) is 6. The maximum Gasteiger partial charge on any atom is 0.342 e. The fourth-order valence-corrected chi connectivity index (χ4v) is 1.72. The minimum Gasteiger partial charge on any atom is -0.507 e. The Morgan fingerprint density at radius 2 is 2.00 bits per heavy atom. The van der Waals surface area contributed by atoms with Crippen molar-refractivity contribution < 1.29 is 24.0 Å². The van der Waals surface area contributed by atoms with Gasteiger partial charge in [-0.3, -0.25) is 10.1 Å². The molecule has 1 amide bonds. The molecule has 0 bridgehead atoms. The average Bonchev–Trinajstić information content (AvgIpc) is 2.94. The van der Waals surface area contributed by atoms with Gasteiger partial charge in [-0.15, -0.1) is 0 Å². The van der Waals surface area contributed by atoms with E-state index in [0.29, 0.717) is 5.69 Å². The van der Waals surface area contributed by atoms with E-state index in [4.69, 9.17) is 9.26 Å². The second kappa shape index (κ2) is 6.51. The molecule has 0 aliphatic heterocycles. The van der Waals surface area contributed by atoms with Crippen molar-refractivity contribution in [2.24, 2.45) is 0 Å². The molecule has 1 aromatic carbocycles. The zero-order chi connectivity index (χ0) is 17.0. The Labute approximate surface area is 133 Å². The fraction of sp³-hybridized carbons (Fsp3) is 0.312. The summed E-state index contributed by atoms with van der Waals surface area (Å²) in [5, 5.41) is 15.8. The number of nitrogens with one attached hydrogen (secondary N) is 1. The third-order valence-corrected chi connectivity index (χ3v) is 3.00. The Balaban J connectivity index is 1.89. The van der Waals surface area contributed by atoms with E-state index in [1.807, 2.05) is 20.8 Å². The van der Waals surface area contributed by atoms with Crippen molar-refractivity contribution in [2.45, 2.75) is 26.2 Å². The summed E-state index contributed by atoms with van der Waals surface area (Å²) in [6.45, 7) is 5.39. The zero-order valence-corrected chi connectivity index (χ0v) is 13.1. The van der Waals surface area contributed by atoms with Crippen LogP contribution in [0, 0.1) is 0 Å². The third kappa shape index (κ3) is 4.32. The summed E-state index contributed by atoms with van der Waals surface area (Å²) < 4.78 is 9.85. The van der Waals surface area contributed by atoms with Gasteiger partial charge in [0.25, 0.3) is 5.91 Å². The van der Waals surface area contributed by atoms with Gasteiger partial charge in [-0.05, 0) is 12.1 Å². The summed E-state index contributed by atoms with van der Waals surface area (Å²) in [5.41, 5.74) is 0.484. The number of aromatic hydroxyl groups is 1. The standard InChI is InChI=1S/C16H18N2O5/c1-16(2,3)12-8-14(23-18-12)17-13(20)9-22-15(21)10-6-4-5-7-11(10)19/h4-8,19H,9H2,1-3H3,(H,17,20). The van der Waals surface area contributed by atoms with Crippen LogP contribution in [0.5, 0.6) is 5.75 Å². The Bertz CT molecular complexity index is 715. The van der Waals surface area contributed by atoms with E-state index < -0.39 is 18.5 Å². The Morgan fingerprint density at radius 3 is 2.61 bits per heavy atom. The molecule has 2 aromatic rings. The number of phenols is 1. The number of phenolic OH excluding ortho intramolecular Hbond substituents is 1. The van der Waals surface area contributed by atoms with E-state index in [0.717, 1.165) is 0 Å². The van der Waals surface area contributed by atoms with Gasteiger partial charge in [0.1, 0.15) is 11.3 Å². The number of carbonyl (C=O) groups is 2. The molecule has 0 saturated heterocycles. The molecule has 0 atom stereocenters. The quantitative estimate of drug-likeness (QED) is 0.840. The zero-order valence-electron chi connectivity index (χ0n) is 13.1. The normalized spacial score (nSPS) is 11.1. The summed E-state index contributed by atoms with van der Waals surface area (Å²) in [7, 11) is 0. The minimum absolute atomic E-state index is 0.00464. The molecule has 0 unspecified atom stereocenters. The number of nitrogens with zero attached hydrogens (tertiary/aromatic N) is 1. The van der Waals surface area contributed by atoms with Crippen LogP contribution in [-0.4, -0.2) is 28.7 Å². The number of anilines is 1. The highest BCUT2D eigenvalue weighted by molar-refractivity contribution is 5.96. The molecule has 2 rings (SSSR count). The highest BCUT2D eigenvalue weighted by Gasteiger charge is 2.20. The summed E-state index contributed by atoms with van der Waals surface area (Å²) >= 11 is 0. The summed E-state index contributed by atoms with van der Waals surface area (Å²) in [4.78, 5) is 23.5. The SMILES string of the molecule is CC(C)(C)c1cc(NC(=O)COC(=O)c2ccccc2O)on1. The van der Waals surface area contributed by atoms with Gasteiger partial charge in [-0.2, -0.15) is 0 Å². The smallest absolute Gasteiger partial charge is 0.342 e. The highest BCUT2D eigenvalue weighted by atomic mass is 16.5. The number of ether oxygens (including phenoxy) is 1. The van der Waals surface area contributed by atoms with Crippen molar-refractivity contribution in [3.05, 3.63) is 41.6 Å². The molecule has 1 aromatic heterocycles. The van der Waals surface area contributed by atoms with Gasteiger partial charge in [0, 0.05) is 11.5 Å². The molecule has 0 spiro atoms. The topological polar surface area (TPSA) is 102 Å². The van der Waals surface area contributed by atoms with Crippen LogP contribution in [0.3, 0.4) is 0 Å². The molecule has 122 valence electrons. The fourth-order valence-electron chi connectivity index (χ4n) is 1.72. The molecule has 0 aliphatic rings. The summed E-state index contributed by atoms with van der Waals surface area (Å²) in [6.07, 6.45) is 0. The second-order valence-corrected chi connectivity index (χ2v) is 5.97. The number of benzene rings is 1. The van der Waals surface area contributed by atoms with Crippen molar-refractivity contribution in [3.8, 4) is 5.75 Å². The predicted molar refractivity (Wildman–Crippen MR) is 82.2 cm³/mol. The van der Waals surface area contributed by atoms with Gasteiger partial charge >= 0.3 is 5.97 Å². The second-order valence-electron chi connectivity index (χ2n) is 5.97. The number of esters is 1. The molecule has 7 heteroatoms. The average molecular weight is 318 g/mol. The van der Waals surface area contributed by atoms with E-state index in [1.165, 1.54) is 12.1 Å². The van der Waals surface area contributed by atoms with Crippen molar-refractivity contribution in [2.75, 3.05) is 11.9 Å². The molecular formula is C16H18N2O5. The monoisotopic (exact) mass is 318 g/mol. The van der Waals surface area contributed by atoms with Crippen LogP contribution in [0.1, 0.15) is 36.8 Å². The van der Waals surface area contributed by atoms with Gasteiger partial charge in [0.05, 0.1) is 5.69 Å². The van der Waals surface area contributed by atoms with Crippen molar-refractivity contribution in [1.29, 1.82) is 0 Å². The maximum absolute atomic E-state index is 11.8. The molecule has 0 saturated carbocycles. The van der Waals surface area contributed by atoms with E-state index in [-0.39, 0.29) is 22.6 Å². The van der Waals surface area contributed by atoms with Crippen LogP contribution in [0.15, 0.2) is 34.9 Å².